The molecule has 0 fully saturated rings. The molecule has 0 saturated heterocycles. The van der Waals surface area contributed by atoms with Gasteiger partial charge in [-0.05, 0) is 74.5 Å². The summed E-state index contributed by atoms with van der Waals surface area (Å²) in [6.45, 7) is 5.09. The summed E-state index contributed by atoms with van der Waals surface area (Å²) >= 11 is 3.78. The number of ether oxygens (including phenoxy) is 2. The normalized spacial score (nSPS) is 10.7. The predicted molar refractivity (Wildman–Crippen MR) is 158 cm³/mol. The summed E-state index contributed by atoms with van der Waals surface area (Å²) in [6, 6.07) is 18.5. The van der Waals surface area contributed by atoms with Gasteiger partial charge in [0.1, 0.15) is 11.5 Å². The van der Waals surface area contributed by atoms with Gasteiger partial charge in [0.2, 0.25) is 0 Å². The van der Waals surface area contributed by atoms with E-state index in [0.29, 0.717) is 33.2 Å². The third kappa shape index (κ3) is 6.51. The first-order valence-electron chi connectivity index (χ1n) is 12.1. The van der Waals surface area contributed by atoms with Crippen LogP contribution >= 0.6 is 34.0 Å². The molecule has 0 bridgehead atoms. The van der Waals surface area contributed by atoms with E-state index in [-0.39, 0.29) is 11.8 Å². The van der Waals surface area contributed by atoms with Crippen LogP contribution in [0.15, 0.2) is 71.4 Å². The number of rotatable bonds is 10. The van der Waals surface area contributed by atoms with E-state index in [9.17, 15) is 9.59 Å². The topological polar surface area (TPSA) is 102 Å². The first kappa shape index (κ1) is 26.5. The Hall–Kier alpha value is -4.06. The van der Waals surface area contributed by atoms with Crippen molar-refractivity contribution in [3.63, 3.8) is 0 Å². The molecular formula is C28H24N4O4S3. The molecule has 3 aromatic heterocycles. The molecule has 2 amide bonds. The second-order valence-electron chi connectivity index (χ2n) is 8.06. The molecule has 0 unspecified atom stereocenters. The van der Waals surface area contributed by atoms with Gasteiger partial charge in [0.15, 0.2) is 10.3 Å². The van der Waals surface area contributed by atoms with Crippen LogP contribution in [0.1, 0.15) is 33.2 Å². The lowest BCUT2D eigenvalue weighted by atomic mass is 10.2. The van der Waals surface area contributed by atoms with Crippen molar-refractivity contribution in [3.8, 4) is 34.0 Å². The van der Waals surface area contributed by atoms with Crippen molar-refractivity contribution in [2.24, 2.45) is 0 Å². The van der Waals surface area contributed by atoms with Gasteiger partial charge >= 0.3 is 0 Å². The molecule has 0 atom stereocenters. The number of hydrogen-bond acceptors (Lipinski definition) is 9. The van der Waals surface area contributed by atoms with Crippen molar-refractivity contribution in [1.82, 2.24) is 9.97 Å². The van der Waals surface area contributed by atoms with Gasteiger partial charge in [-0.25, -0.2) is 9.97 Å². The van der Waals surface area contributed by atoms with E-state index in [2.05, 4.69) is 20.6 Å². The number of benzene rings is 2. The highest BCUT2D eigenvalue weighted by Gasteiger charge is 2.17. The number of nitrogens with one attached hydrogen (secondary N) is 2. The molecule has 5 rings (SSSR count). The highest BCUT2D eigenvalue weighted by atomic mass is 32.1. The van der Waals surface area contributed by atoms with Crippen LogP contribution in [0.3, 0.4) is 0 Å². The number of hydrogen-bond donors (Lipinski definition) is 2. The molecule has 0 aliphatic rings. The molecule has 5 aromatic rings. The minimum atomic E-state index is -0.321. The largest absolute Gasteiger partial charge is 0.494 e. The molecule has 3 heterocycles. The monoisotopic (exact) mass is 576 g/mol. The Balaban J connectivity index is 1.18. The smallest absolute Gasteiger partial charge is 0.267 e. The fourth-order valence-corrected chi connectivity index (χ4v) is 5.83. The van der Waals surface area contributed by atoms with Gasteiger partial charge in [-0.15, -0.1) is 34.0 Å². The van der Waals surface area contributed by atoms with Crippen LogP contribution in [0.4, 0.5) is 10.3 Å². The molecule has 0 saturated carbocycles. The van der Waals surface area contributed by atoms with Crippen LogP contribution < -0.4 is 20.1 Å². The first-order chi connectivity index (χ1) is 19.0. The minimum absolute atomic E-state index is 0.321. The number of carbonyl (C=O) groups is 2. The molecule has 11 heteroatoms. The molecular weight excluding hydrogens is 553 g/mol. The summed E-state index contributed by atoms with van der Waals surface area (Å²) in [5, 5.41) is 10.4. The minimum Gasteiger partial charge on any atom is -0.494 e. The Morgan fingerprint density at radius 3 is 1.46 bits per heavy atom. The molecule has 0 radical (unpaired) electrons. The van der Waals surface area contributed by atoms with Crippen molar-refractivity contribution in [2.75, 3.05) is 23.8 Å². The lowest BCUT2D eigenvalue weighted by Crippen LogP contribution is -2.11. The Kier molecular flexibility index (Phi) is 8.30. The van der Waals surface area contributed by atoms with Gasteiger partial charge in [0, 0.05) is 21.9 Å². The van der Waals surface area contributed by atoms with Gasteiger partial charge in [-0.2, -0.15) is 0 Å². The number of anilines is 2. The van der Waals surface area contributed by atoms with E-state index in [4.69, 9.17) is 9.47 Å². The maximum atomic E-state index is 12.8. The van der Waals surface area contributed by atoms with E-state index < -0.39 is 0 Å². The quantitative estimate of drug-likeness (QED) is 0.181. The number of nitrogens with zero attached hydrogens (tertiary/aromatic N) is 2. The van der Waals surface area contributed by atoms with Crippen LogP contribution in [-0.4, -0.2) is 35.0 Å². The van der Waals surface area contributed by atoms with Gasteiger partial charge in [-0.1, -0.05) is 0 Å². The average molecular weight is 577 g/mol. The fraction of sp³-hybridized carbons (Fsp3) is 0.143. The van der Waals surface area contributed by atoms with E-state index in [1.165, 1.54) is 22.7 Å². The van der Waals surface area contributed by atoms with E-state index in [1.807, 2.05) is 73.1 Å². The van der Waals surface area contributed by atoms with Crippen molar-refractivity contribution in [2.45, 2.75) is 13.8 Å². The van der Waals surface area contributed by atoms with Crippen LogP contribution in [0.2, 0.25) is 0 Å². The third-order valence-corrected chi connectivity index (χ3v) is 8.02. The second kappa shape index (κ2) is 12.2. The molecule has 39 heavy (non-hydrogen) atoms. The molecule has 8 nitrogen and oxygen atoms in total. The maximum Gasteiger partial charge on any atom is 0.267 e. The number of amides is 2. The average Bonchev–Trinajstić information content (AvgIpc) is 3.72. The molecule has 0 aliphatic heterocycles. The van der Waals surface area contributed by atoms with Crippen LogP contribution in [0, 0.1) is 0 Å². The van der Waals surface area contributed by atoms with Crippen molar-refractivity contribution >= 4 is 56.1 Å². The van der Waals surface area contributed by atoms with E-state index in [1.54, 1.807) is 12.1 Å². The van der Waals surface area contributed by atoms with Crippen molar-refractivity contribution in [1.29, 1.82) is 0 Å². The highest BCUT2D eigenvalue weighted by Crippen LogP contribution is 2.29. The van der Waals surface area contributed by atoms with E-state index >= 15 is 0 Å². The lowest BCUT2D eigenvalue weighted by molar-refractivity contribution is 0.102. The number of thiazole rings is 2. The summed E-state index contributed by atoms with van der Waals surface area (Å²) in [7, 11) is 0. The maximum absolute atomic E-state index is 12.8. The summed E-state index contributed by atoms with van der Waals surface area (Å²) in [5.41, 5.74) is 3.38. The highest BCUT2D eigenvalue weighted by molar-refractivity contribution is 7.17. The van der Waals surface area contributed by atoms with Gasteiger partial charge in [-0.3, -0.25) is 20.2 Å². The van der Waals surface area contributed by atoms with E-state index in [0.717, 1.165) is 45.4 Å². The van der Waals surface area contributed by atoms with Gasteiger partial charge in [0.25, 0.3) is 11.8 Å². The van der Waals surface area contributed by atoms with Crippen LogP contribution in [-0.2, 0) is 0 Å². The lowest BCUT2D eigenvalue weighted by Gasteiger charge is -2.03. The predicted octanol–water partition coefficient (Wildman–Crippen LogP) is 7.30. The zero-order valence-corrected chi connectivity index (χ0v) is 23.5. The summed E-state index contributed by atoms with van der Waals surface area (Å²) in [6.07, 6.45) is 0. The molecule has 198 valence electrons. The first-order valence-corrected chi connectivity index (χ1v) is 14.7. The fourth-order valence-electron chi connectivity index (χ4n) is 3.60. The number of aromatic nitrogens is 2. The summed E-state index contributed by atoms with van der Waals surface area (Å²) in [5.74, 6) is 0.952. The van der Waals surface area contributed by atoms with Crippen molar-refractivity contribution < 1.29 is 19.1 Å². The Morgan fingerprint density at radius 1 is 0.667 bits per heavy atom. The number of carbonyl (C=O) groups excluding carboxylic acids is 2. The Labute approximate surface area is 237 Å². The SMILES string of the molecule is CCOc1ccc(-c2csc(NC(=O)c3ccc(C(=O)Nc4nc(-c5ccc(OCC)cc5)cs4)s3)n2)cc1. The van der Waals surface area contributed by atoms with Gasteiger partial charge in [0.05, 0.1) is 34.4 Å². The molecule has 0 spiro atoms. The Morgan fingerprint density at radius 2 is 1.08 bits per heavy atom. The zero-order chi connectivity index (χ0) is 27.2. The van der Waals surface area contributed by atoms with Crippen LogP contribution in [0.25, 0.3) is 22.5 Å². The molecule has 2 aromatic carbocycles. The third-order valence-electron chi connectivity index (χ3n) is 5.43. The summed E-state index contributed by atoms with van der Waals surface area (Å²) < 4.78 is 11.0. The molecule has 0 aliphatic carbocycles. The van der Waals surface area contributed by atoms with Crippen LogP contribution in [0.5, 0.6) is 11.5 Å². The Bertz CT molecular complexity index is 1460. The second-order valence-corrected chi connectivity index (χ2v) is 10.9. The summed E-state index contributed by atoms with van der Waals surface area (Å²) in [4.78, 5) is 35.4. The van der Waals surface area contributed by atoms with Crippen molar-refractivity contribution in [3.05, 3.63) is 81.2 Å². The zero-order valence-electron chi connectivity index (χ0n) is 21.1. The standard InChI is InChI=1S/C28H24N4O4S3/c1-3-35-19-9-5-17(6-10-19)21-15-37-27(29-21)31-25(33)23-13-14-24(39-23)26(34)32-28-30-22(16-38-28)18-7-11-20(12-8-18)36-4-2/h5-16H,3-4H2,1-2H3,(H,29,31,33)(H,30,32,34). The molecule has 2 N–H and O–H groups in total. The number of thiophene rings is 1. The van der Waals surface area contributed by atoms with Gasteiger partial charge < -0.3 is 9.47 Å².